The van der Waals surface area contributed by atoms with E-state index in [2.05, 4.69) is 0 Å². The normalized spacial score (nSPS) is 18.4. The van der Waals surface area contributed by atoms with Gasteiger partial charge in [-0.25, -0.2) is 0 Å². The van der Waals surface area contributed by atoms with Crippen LogP contribution in [0.3, 0.4) is 0 Å². The third-order valence-electron chi connectivity index (χ3n) is 1.67. The summed E-state index contributed by atoms with van der Waals surface area (Å²) in [5.74, 6) is 2.32. The van der Waals surface area contributed by atoms with Gasteiger partial charge in [-0.2, -0.15) is 0 Å². The topological polar surface area (TPSA) is 25.1 Å². The molecule has 0 atom stereocenters. The second-order valence-corrected chi connectivity index (χ2v) is 2.61. The largest absolute Gasteiger partial charge is 0.463 e. The summed E-state index contributed by atoms with van der Waals surface area (Å²) < 4.78 is 9.75. The Morgan fingerprint density at radius 2 is 1.30 bits per heavy atom. The van der Waals surface area contributed by atoms with Gasteiger partial charge in [0, 0.05) is 12.8 Å². The van der Waals surface area contributed by atoms with Crippen molar-refractivity contribution in [1.29, 1.82) is 0 Å². The number of ether oxygens (including phenoxy) is 2. The predicted molar refractivity (Wildman–Crippen MR) is 36.8 cm³/mol. The van der Waals surface area contributed by atoms with Crippen LogP contribution in [0.1, 0.15) is 25.7 Å². The molecule has 0 aromatic rings. The SMILES string of the molecule is C1=C(CCCCC2=CO2)O1. The summed E-state index contributed by atoms with van der Waals surface area (Å²) in [7, 11) is 0. The summed E-state index contributed by atoms with van der Waals surface area (Å²) in [4.78, 5) is 0. The van der Waals surface area contributed by atoms with Crippen LogP contribution in [0.5, 0.6) is 0 Å². The molecule has 2 heterocycles. The minimum absolute atomic E-state index is 1.10. The molecule has 2 aliphatic heterocycles. The van der Waals surface area contributed by atoms with E-state index in [1.54, 1.807) is 0 Å². The molecule has 0 aromatic carbocycles. The van der Waals surface area contributed by atoms with Gasteiger partial charge < -0.3 is 9.47 Å². The number of rotatable bonds is 5. The molecule has 2 heteroatoms. The molecule has 0 aliphatic carbocycles. The fraction of sp³-hybridized carbons (Fsp3) is 0.500. The zero-order valence-electron chi connectivity index (χ0n) is 5.80. The van der Waals surface area contributed by atoms with Crippen LogP contribution >= 0.6 is 0 Å². The molecule has 0 fully saturated rings. The lowest BCUT2D eigenvalue weighted by molar-refractivity contribution is 0.458. The Kier molecular flexibility index (Phi) is 1.38. The molecule has 2 nitrogen and oxygen atoms in total. The summed E-state index contributed by atoms with van der Waals surface area (Å²) in [5.41, 5.74) is 0. The fourth-order valence-electron chi connectivity index (χ4n) is 0.917. The monoisotopic (exact) mass is 138 g/mol. The fourth-order valence-corrected chi connectivity index (χ4v) is 0.917. The number of hydrogen-bond donors (Lipinski definition) is 0. The molecule has 0 bridgehead atoms. The zero-order valence-corrected chi connectivity index (χ0v) is 5.80. The first kappa shape index (κ1) is 5.83. The highest BCUT2D eigenvalue weighted by Gasteiger charge is 2.11. The first-order chi connectivity index (χ1) is 4.95. The zero-order chi connectivity index (χ0) is 6.81. The van der Waals surface area contributed by atoms with Gasteiger partial charge in [-0.15, -0.1) is 0 Å². The van der Waals surface area contributed by atoms with E-state index >= 15 is 0 Å². The first-order valence-corrected chi connectivity index (χ1v) is 3.66. The lowest BCUT2D eigenvalue weighted by Gasteiger charge is -1.90. The Morgan fingerprint density at radius 3 is 1.60 bits per heavy atom. The molecular weight excluding hydrogens is 128 g/mol. The van der Waals surface area contributed by atoms with E-state index in [-0.39, 0.29) is 0 Å². The highest BCUT2D eigenvalue weighted by atomic mass is 16.5. The highest BCUT2D eigenvalue weighted by molar-refractivity contribution is 5.04. The van der Waals surface area contributed by atoms with Crippen molar-refractivity contribution >= 4 is 0 Å². The molecule has 10 heavy (non-hydrogen) atoms. The van der Waals surface area contributed by atoms with E-state index in [1.165, 1.54) is 12.8 Å². The Hall–Kier alpha value is -0.920. The Labute approximate surface area is 60.1 Å². The molecule has 0 radical (unpaired) electrons. The van der Waals surface area contributed by atoms with Crippen molar-refractivity contribution in [1.82, 2.24) is 0 Å². The van der Waals surface area contributed by atoms with Crippen molar-refractivity contribution in [3.05, 3.63) is 24.0 Å². The van der Waals surface area contributed by atoms with Crippen LogP contribution in [0.15, 0.2) is 24.0 Å². The number of hydrogen-bond acceptors (Lipinski definition) is 2. The Balaban J connectivity index is 1.47. The molecule has 0 saturated carbocycles. The molecule has 0 N–H and O–H groups in total. The van der Waals surface area contributed by atoms with Crippen LogP contribution < -0.4 is 0 Å². The molecular formula is C8H10O2. The van der Waals surface area contributed by atoms with Gasteiger partial charge in [0.2, 0.25) is 0 Å². The van der Waals surface area contributed by atoms with Gasteiger partial charge >= 0.3 is 0 Å². The highest BCUT2D eigenvalue weighted by Crippen LogP contribution is 2.24. The minimum atomic E-state index is 1.10. The molecule has 54 valence electrons. The maximum absolute atomic E-state index is 4.88. The van der Waals surface area contributed by atoms with E-state index < -0.39 is 0 Å². The van der Waals surface area contributed by atoms with Crippen molar-refractivity contribution in [2.24, 2.45) is 0 Å². The van der Waals surface area contributed by atoms with Gasteiger partial charge in [0.15, 0.2) is 0 Å². The van der Waals surface area contributed by atoms with E-state index in [4.69, 9.17) is 9.47 Å². The van der Waals surface area contributed by atoms with E-state index in [0.29, 0.717) is 0 Å². The maximum atomic E-state index is 4.88. The van der Waals surface area contributed by atoms with Gasteiger partial charge in [-0.1, -0.05) is 0 Å². The van der Waals surface area contributed by atoms with Gasteiger partial charge in [-0.3, -0.25) is 0 Å². The average Bonchev–Trinajstić information content (AvgIpc) is 2.77. The average molecular weight is 138 g/mol. The van der Waals surface area contributed by atoms with Gasteiger partial charge in [0.05, 0.1) is 0 Å². The third kappa shape index (κ3) is 1.79. The summed E-state index contributed by atoms with van der Waals surface area (Å²) in [6.07, 6.45) is 8.26. The summed E-state index contributed by atoms with van der Waals surface area (Å²) in [5, 5.41) is 0. The molecule has 2 rings (SSSR count). The first-order valence-electron chi connectivity index (χ1n) is 3.66. The molecule has 0 aromatic heterocycles. The van der Waals surface area contributed by atoms with Gasteiger partial charge in [0.25, 0.3) is 0 Å². The summed E-state index contributed by atoms with van der Waals surface area (Å²) in [6.45, 7) is 0. The summed E-state index contributed by atoms with van der Waals surface area (Å²) in [6, 6.07) is 0. The standard InChI is InChI=1S/C8H10O2/c1(3-7-5-9-7)2-4-8-6-10-8/h5-6H,1-4H2. The predicted octanol–water partition coefficient (Wildman–Crippen LogP) is 2.29. The number of unbranched alkanes of at least 4 members (excludes halogenated alkanes) is 1. The third-order valence-corrected chi connectivity index (χ3v) is 1.67. The molecule has 0 spiro atoms. The van der Waals surface area contributed by atoms with Crippen LogP contribution in [0, 0.1) is 0 Å². The molecule has 2 aliphatic rings. The van der Waals surface area contributed by atoms with Crippen LogP contribution in [-0.2, 0) is 9.47 Å². The maximum Gasteiger partial charge on any atom is 0.138 e. The van der Waals surface area contributed by atoms with Crippen molar-refractivity contribution in [2.75, 3.05) is 0 Å². The molecule has 0 amide bonds. The minimum Gasteiger partial charge on any atom is -0.463 e. The van der Waals surface area contributed by atoms with Gasteiger partial charge in [0.1, 0.15) is 24.0 Å². The lowest BCUT2D eigenvalue weighted by atomic mass is 10.2. The van der Waals surface area contributed by atoms with Crippen LogP contribution in [-0.4, -0.2) is 0 Å². The Morgan fingerprint density at radius 1 is 0.900 bits per heavy atom. The van der Waals surface area contributed by atoms with E-state index in [0.717, 1.165) is 24.4 Å². The number of allylic oxidation sites excluding steroid dienone is 2. The second kappa shape index (κ2) is 2.37. The molecule has 0 unspecified atom stereocenters. The van der Waals surface area contributed by atoms with E-state index in [1.807, 2.05) is 12.5 Å². The Bertz CT molecular complexity index is 169. The molecule has 0 saturated heterocycles. The second-order valence-electron chi connectivity index (χ2n) is 2.61. The lowest BCUT2D eigenvalue weighted by Crippen LogP contribution is -1.75. The smallest absolute Gasteiger partial charge is 0.138 e. The van der Waals surface area contributed by atoms with Gasteiger partial charge in [-0.05, 0) is 12.8 Å². The van der Waals surface area contributed by atoms with Crippen molar-refractivity contribution in [3.63, 3.8) is 0 Å². The summed E-state index contributed by atoms with van der Waals surface area (Å²) >= 11 is 0. The van der Waals surface area contributed by atoms with Crippen LogP contribution in [0.4, 0.5) is 0 Å². The van der Waals surface area contributed by atoms with Crippen molar-refractivity contribution in [3.8, 4) is 0 Å². The van der Waals surface area contributed by atoms with Crippen LogP contribution in [0.2, 0.25) is 0 Å². The van der Waals surface area contributed by atoms with E-state index in [9.17, 15) is 0 Å². The quantitative estimate of drug-likeness (QED) is 0.544. The van der Waals surface area contributed by atoms with Crippen molar-refractivity contribution < 1.29 is 9.47 Å². The van der Waals surface area contributed by atoms with Crippen molar-refractivity contribution in [2.45, 2.75) is 25.7 Å². The van der Waals surface area contributed by atoms with Crippen LogP contribution in [0.25, 0.3) is 0 Å².